The summed E-state index contributed by atoms with van der Waals surface area (Å²) in [7, 11) is 0. The van der Waals surface area contributed by atoms with Gasteiger partial charge in [-0.25, -0.2) is 0 Å². The number of hydrogen-bond acceptors (Lipinski definition) is 2. The normalized spacial score (nSPS) is 30.4. The molecule has 0 bridgehead atoms. The molecular weight excluding hydrogens is 142 g/mol. The highest BCUT2D eigenvalue weighted by atomic mass is 16.5. The molecular formula is C8H16NO2+. The standard InChI is InChI=1S/C8H15NO2/c1-2-11-8(10)6-4-3-5-7(6)9/h6-7H,2-5,9H2,1H3/p+1/t6-,7-/m1/s1. The van der Waals surface area contributed by atoms with Crippen LogP contribution in [0.25, 0.3) is 0 Å². The lowest BCUT2D eigenvalue weighted by Gasteiger charge is -2.10. The lowest BCUT2D eigenvalue weighted by Crippen LogP contribution is -2.63. The molecule has 0 aliphatic heterocycles. The first-order chi connectivity index (χ1) is 5.25. The molecule has 0 saturated heterocycles. The molecule has 0 heterocycles. The SMILES string of the molecule is CCOC(=O)[C@@H]1CCC[C@H]1[NH3+]. The molecule has 1 rings (SSSR count). The van der Waals surface area contributed by atoms with E-state index < -0.39 is 0 Å². The van der Waals surface area contributed by atoms with Gasteiger partial charge in [0.05, 0.1) is 12.6 Å². The molecule has 1 aliphatic rings. The van der Waals surface area contributed by atoms with Crippen LogP contribution in [0.4, 0.5) is 0 Å². The molecule has 64 valence electrons. The number of ether oxygens (including phenoxy) is 1. The molecule has 0 spiro atoms. The van der Waals surface area contributed by atoms with E-state index in [1.54, 1.807) is 0 Å². The lowest BCUT2D eigenvalue weighted by molar-refractivity contribution is -0.425. The molecule has 0 unspecified atom stereocenters. The van der Waals surface area contributed by atoms with Gasteiger partial charge in [0, 0.05) is 6.42 Å². The van der Waals surface area contributed by atoms with E-state index in [1.165, 1.54) is 0 Å². The first-order valence-electron chi connectivity index (χ1n) is 4.25. The number of esters is 1. The second-order valence-corrected chi connectivity index (χ2v) is 3.05. The van der Waals surface area contributed by atoms with Gasteiger partial charge in [0.15, 0.2) is 0 Å². The van der Waals surface area contributed by atoms with Crippen molar-refractivity contribution in [2.45, 2.75) is 32.2 Å². The average Bonchev–Trinajstić information content (AvgIpc) is 2.36. The van der Waals surface area contributed by atoms with Crippen molar-refractivity contribution in [2.75, 3.05) is 6.61 Å². The van der Waals surface area contributed by atoms with Gasteiger partial charge in [-0.3, -0.25) is 4.79 Å². The summed E-state index contributed by atoms with van der Waals surface area (Å²) in [4.78, 5) is 11.2. The Labute approximate surface area is 66.9 Å². The molecule has 2 atom stereocenters. The monoisotopic (exact) mass is 158 g/mol. The summed E-state index contributed by atoms with van der Waals surface area (Å²) in [5.41, 5.74) is 3.92. The molecule has 0 aromatic carbocycles. The molecule has 0 aromatic heterocycles. The zero-order valence-electron chi connectivity index (χ0n) is 7.01. The van der Waals surface area contributed by atoms with Gasteiger partial charge in [-0.15, -0.1) is 0 Å². The van der Waals surface area contributed by atoms with Crippen LogP contribution < -0.4 is 5.73 Å². The van der Waals surface area contributed by atoms with Crippen molar-refractivity contribution in [3.63, 3.8) is 0 Å². The van der Waals surface area contributed by atoms with Crippen LogP contribution in [0.1, 0.15) is 26.2 Å². The Morgan fingerprint density at radius 3 is 2.82 bits per heavy atom. The van der Waals surface area contributed by atoms with Gasteiger partial charge in [-0.2, -0.15) is 0 Å². The maximum atomic E-state index is 11.2. The topological polar surface area (TPSA) is 53.9 Å². The maximum Gasteiger partial charge on any atom is 0.314 e. The summed E-state index contributed by atoms with van der Waals surface area (Å²) < 4.78 is 4.92. The third-order valence-electron chi connectivity index (χ3n) is 2.25. The van der Waals surface area contributed by atoms with Crippen LogP contribution >= 0.6 is 0 Å². The molecule has 11 heavy (non-hydrogen) atoms. The highest BCUT2D eigenvalue weighted by molar-refractivity contribution is 5.73. The van der Waals surface area contributed by atoms with Gasteiger partial charge < -0.3 is 10.5 Å². The zero-order valence-corrected chi connectivity index (χ0v) is 7.01. The van der Waals surface area contributed by atoms with Crippen LogP contribution in [0, 0.1) is 5.92 Å². The molecule has 3 nitrogen and oxygen atoms in total. The number of carbonyl (C=O) groups excluding carboxylic acids is 1. The van der Waals surface area contributed by atoms with Crippen LogP contribution in [-0.4, -0.2) is 18.6 Å². The predicted molar refractivity (Wildman–Crippen MR) is 40.7 cm³/mol. The number of hydrogen-bond donors (Lipinski definition) is 1. The van der Waals surface area contributed by atoms with Crippen molar-refractivity contribution in [2.24, 2.45) is 5.92 Å². The molecule has 1 saturated carbocycles. The van der Waals surface area contributed by atoms with Crippen LogP contribution in [-0.2, 0) is 9.53 Å². The Hall–Kier alpha value is -0.570. The highest BCUT2D eigenvalue weighted by Gasteiger charge is 2.34. The van der Waals surface area contributed by atoms with Gasteiger partial charge in [-0.1, -0.05) is 0 Å². The molecule has 3 heteroatoms. The summed E-state index contributed by atoms with van der Waals surface area (Å²) in [6, 6.07) is 0.286. The number of rotatable bonds is 2. The summed E-state index contributed by atoms with van der Waals surface area (Å²) in [5.74, 6) is 0.0277. The van der Waals surface area contributed by atoms with E-state index in [-0.39, 0.29) is 17.9 Å². The van der Waals surface area contributed by atoms with E-state index >= 15 is 0 Å². The van der Waals surface area contributed by atoms with Crippen LogP contribution in [0.5, 0.6) is 0 Å². The Morgan fingerprint density at radius 1 is 1.64 bits per heavy atom. The first kappa shape index (κ1) is 8.53. The fourth-order valence-corrected chi connectivity index (χ4v) is 1.60. The number of carbonyl (C=O) groups is 1. The summed E-state index contributed by atoms with van der Waals surface area (Å²) >= 11 is 0. The Balaban J connectivity index is 2.39. The quantitative estimate of drug-likeness (QED) is 0.573. The van der Waals surface area contributed by atoms with Gasteiger partial charge in [0.2, 0.25) is 0 Å². The fourth-order valence-electron chi connectivity index (χ4n) is 1.60. The zero-order chi connectivity index (χ0) is 8.27. The van der Waals surface area contributed by atoms with Crippen LogP contribution in [0.15, 0.2) is 0 Å². The fraction of sp³-hybridized carbons (Fsp3) is 0.875. The minimum Gasteiger partial charge on any atom is -0.466 e. The van der Waals surface area contributed by atoms with Crippen molar-refractivity contribution in [1.29, 1.82) is 0 Å². The van der Waals surface area contributed by atoms with E-state index in [0.29, 0.717) is 6.61 Å². The number of quaternary nitrogens is 1. The highest BCUT2D eigenvalue weighted by Crippen LogP contribution is 2.23. The van der Waals surface area contributed by atoms with Crippen molar-refractivity contribution in [3.8, 4) is 0 Å². The third kappa shape index (κ3) is 1.93. The van der Waals surface area contributed by atoms with E-state index in [4.69, 9.17) is 4.74 Å². The van der Waals surface area contributed by atoms with E-state index in [0.717, 1.165) is 19.3 Å². The molecule has 1 fully saturated rings. The Bertz CT molecular complexity index is 147. The van der Waals surface area contributed by atoms with E-state index in [2.05, 4.69) is 5.73 Å². The summed E-state index contributed by atoms with van der Waals surface area (Å²) in [6.07, 6.45) is 3.16. The molecule has 0 radical (unpaired) electrons. The molecule has 0 aromatic rings. The van der Waals surface area contributed by atoms with Crippen LogP contribution in [0.3, 0.4) is 0 Å². The van der Waals surface area contributed by atoms with Crippen LogP contribution in [0.2, 0.25) is 0 Å². The minimum absolute atomic E-state index is 0.0509. The third-order valence-corrected chi connectivity index (χ3v) is 2.25. The second-order valence-electron chi connectivity index (χ2n) is 3.05. The minimum atomic E-state index is -0.0509. The molecule has 0 amide bonds. The maximum absolute atomic E-state index is 11.2. The Kier molecular flexibility index (Phi) is 2.88. The van der Waals surface area contributed by atoms with Gasteiger partial charge >= 0.3 is 5.97 Å². The summed E-state index contributed by atoms with van der Waals surface area (Å²) in [5, 5.41) is 0. The van der Waals surface area contributed by atoms with Gasteiger partial charge in [0.1, 0.15) is 5.92 Å². The average molecular weight is 158 g/mol. The van der Waals surface area contributed by atoms with Crippen molar-refractivity contribution in [3.05, 3.63) is 0 Å². The van der Waals surface area contributed by atoms with E-state index in [9.17, 15) is 4.79 Å². The smallest absolute Gasteiger partial charge is 0.314 e. The molecule has 1 aliphatic carbocycles. The summed E-state index contributed by atoms with van der Waals surface area (Å²) in [6.45, 7) is 2.33. The second kappa shape index (κ2) is 3.72. The van der Waals surface area contributed by atoms with E-state index in [1.807, 2.05) is 6.92 Å². The predicted octanol–water partition coefficient (Wildman–Crippen LogP) is -0.0399. The van der Waals surface area contributed by atoms with Gasteiger partial charge in [-0.05, 0) is 19.8 Å². The Morgan fingerprint density at radius 2 is 2.36 bits per heavy atom. The van der Waals surface area contributed by atoms with Gasteiger partial charge in [0.25, 0.3) is 0 Å². The lowest BCUT2D eigenvalue weighted by atomic mass is 10.1. The first-order valence-corrected chi connectivity index (χ1v) is 4.25. The van der Waals surface area contributed by atoms with Crippen molar-refractivity contribution < 1.29 is 15.3 Å². The van der Waals surface area contributed by atoms with Crippen molar-refractivity contribution >= 4 is 5.97 Å². The molecule has 3 N–H and O–H groups in total. The van der Waals surface area contributed by atoms with Crippen molar-refractivity contribution in [1.82, 2.24) is 0 Å². The largest absolute Gasteiger partial charge is 0.466 e.